The van der Waals surface area contributed by atoms with Crippen LogP contribution in [0.25, 0.3) is 0 Å². The number of halogens is 1. The molecule has 12 heavy (non-hydrogen) atoms. The predicted molar refractivity (Wildman–Crippen MR) is 52.1 cm³/mol. The highest BCUT2D eigenvalue weighted by molar-refractivity contribution is 6.29. The molecule has 0 aliphatic carbocycles. The minimum absolute atomic E-state index is 0.468. The van der Waals surface area contributed by atoms with Crippen molar-refractivity contribution >= 4 is 23.1 Å². The summed E-state index contributed by atoms with van der Waals surface area (Å²) in [6.07, 6.45) is 1.63. The molecule has 0 amide bonds. The van der Waals surface area contributed by atoms with E-state index < -0.39 is 0 Å². The van der Waals surface area contributed by atoms with Crippen LogP contribution in [-0.4, -0.2) is 11.5 Å². The highest BCUT2D eigenvalue weighted by Gasteiger charge is 1.96. The molecule has 0 aromatic carbocycles. The van der Waals surface area contributed by atoms with Gasteiger partial charge in [-0.25, -0.2) is 4.98 Å². The van der Waals surface area contributed by atoms with Gasteiger partial charge in [-0.1, -0.05) is 18.2 Å². The lowest BCUT2D eigenvalue weighted by Gasteiger charge is -2.05. The molecule has 0 aliphatic rings. The van der Waals surface area contributed by atoms with E-state index >= 15 is 0 Å². The van der Waals surface area contributed by atoms with E-state index in [4.69, 9.17) is 17.3 Å². The lowest BCUT2D eigenvalue weighted by molar-refractivity contribution is 1.27. The van der Waals surface area contributed by atoms with Crippen LogP contribution in [0.4, 0.5) is 11.5 Å². The summed E-state index contributed by atoms with van der Waals surface area (Å²) < 4.78 is 0. The molecule has 0 radical (unpaired) electrons. The number of nitrogens with two attached hydrogens (primary N) is 1. The van der Waals surface area contributed by atoms with Gasteiger partial charge < -0.3 is 11.1 Å². The van der Waals surface area contributed by atoms with Crippen LogP contribution in [0.5, 0.6) is 0 Å². The highest BCUT2D eigenvalue weighted by atomic mass is 35.5. The minimum Gasteiger partial charge on any atom is -0.382 e. The van der Waals surface area contributed by atoms with Crippen molar-refractivity contribution in [3.8, 4) is 0 Å². The van der Waals surface area contributed by atoms with Crippen LogP contribution in [0.1, 0.15) is 0 Å². The number of nitrogen functional groups attached to an aromatic ring is 1. The first-order valence-electron chi connectivity index (χ1n) is 3.48. The smallest absolute Gasteiger partial charge is 0.146 e. The molecule has 0 atom stereocenters. The molecule has 64 valence electrons. The third kappa shape index (κ3) is 2.43. The van der Waals surface area contributed by atoms with Gasteiger partial charge in [0.25, 0.3) is 0 Å². The summed E-state index contributed by atoms with van der Waals surface area (Å²) in [4.78, 5) is 3.90. The van der Waals surface area contributed by atoms with Crippen molar-refractivity contribution in [2.45, 2.75) is 0 Å². The van der Waals surface area contributed by atoms with Crippen molar-refractivity contribution in [1.82, 2.24) is 4.98 Å². The number of nitrogens with one attached hydrogen (secondary N) is 1. The molecule has 0 fully saturated rings. The van der Waals surface area contributed by atoms with Crippen molar-refractivity contribution in [3.05, 3.63) is 29.9 Å². The molecular formula is C8H10ClN3. The Morgan fingerprint density at radius 1 is 1.75 bits per heavy atom. The molecule has 4 heteroatoms. The second kappa shape index (κ2) is 3.97. The number of rotatable bonds is 3. The van der Waals surface area contributed by atoms with Gasteiger partial charge in [-0.2, -0.15) is 0 Å². The summed E-state index contributed by atoms with van der Waals surface area (Å²) in [7, 11) is 0. The zero-order chi connectivity index (χ0) is 8.97. The Hall–Kier alpha value is -1.22. The van der Waals surface area contributed by atoms with E-state index in [1.807, 2.05) is 6.07 Å². The molecule has 0 saturated heterocycles. The van der Waals surface area contributed by atoms with E-state index in [1.165, 1.54) is 0 Å². The summed E-state index contributed by atoms with van der Waals surface area (Å²) in [5, 5.41) is 3.53. The first-order chi connectivity index (χ1) is 5.70. The van der Waals surface area contributed by atoms with Gasteiger partial charge in [0, 0.05) is 11.2 Å². The average Bonchev–Trinajstić information content (AvgIpc) is 2.03. The van der Waals surface area contributed by atoms with Crippen LogP contribution < -0.4 is 11.1 Å². The van der Waals surface area contributed by atoms with Gasteiger partial charge in [0.15, 0.2) is 0 Å². The van der Waals surface area contributed by atoms with E-state index in [0.717, 1.165) is 5.69 Å². The fraction of sp³-hybridized carbons (Fsp3) is 0.125. The van der Waals surface area contributed by atoms with E-state index in [-0.39, 0.29) is 0 Å². The highest BCUT2D eigenvalue weighted by Crippen LogP contribution is 2.13. The van der Waals surface area contributed by atoms with Gasteiger partial charge in [0.2, 0.25) is 0 Å². The van der Waals surface area contributed by atoms with Crippen molar-refractivity contribution in [1.29, 1.82) is 0 Å². The Kier molecular flexibility index (Phi) is 2.94. The van der Waals surface area contributed by atoms with E-state index in [1.54, 1.807) is 12.3 Å². The topological polar surface area (TPSA) is 50.9 Å². The van der Waals surface area contributed by atoms with E-state index in [9.17, 15) is 0 Å². The number of hydrogen-bond acceptors (Lipinski definition) is 3. The van der Waals surface area contributed by atoms with Crippen molar-refractivity contribution < 1.29 is 0 Å². The zero-order valence-electron chi connectivity index (χ0n) is 6.55. The third-order valence-corrected chi connectivity index (χ3v) is 1.44. The second-order valence-corrected chi connectivity index (χ2v) is 2.84. The standard InChI is InChI=1S/C8H10ClN3/c1-6(9)5-12-7-3-2-4-11-8(7)10/h2-4,12H,1,5H2,(H2,10,11). The monoisotopic (exact) mass is 183 g/mol. The maximum atomic E-state index is 5.56. The van der Waals surface area contributed by atoms with Crippen LogP contribution in [0.15, 0.2) is 29.9 Å². The maximum Gasteiger partial charge on any atom is 0.146 e. The molecule has 0 aliphatic heterocycles. The Morgan fingerprint density at radius 3 is 3.08 bits per heavy atom. The molecule has 1 aromatic heterocycles. The van der Waals surface area contributed by atoms with Gasteiger partial charge >= 0.3 is 0 Å². The van der Waals surface area contributed by atoms with Gasteiger partial charge in [-0.3, -0.25) is 0 Å². The first kappa shape index (κ1) is 8.87. The summed E-state index contributed by atoms with van der Waals surface area (Å²) in [5.41, 5.74) is 6.34. The van der Waals surface area contributed by atoms with Crippen molar-refractivity contribution in [3.63, 3.8) is 0 Å². The first-order valence-corrected chi connectivity index (χ1v) is 3.85. The van der Waals surface area contributed by atoms with Crippen LogP contribution in [-0.2, 0) is 0 Å². The fourth-order valence-corrected chi connectivity index (χ4v) is 0.825. The average molecular weight is 184 g/mol. The zero-order valence-corrected chi connectivity index (χ0v) is 7.30. The molecule has 0 spiro atoms. The summed E-state index contributed by atoms with van der Waals surface area (Å²) in [5.74, 6) is 0.468. The normalized spacial score (nSPS) is 9.42. The molecule has 1 rings (SSSR count). The SMILES string of the molecule is C=C(Cl)CNc1cccnc1N. The van der Waals surface area contributed by atoms with Crippen molar-refractivity contribution in [2.75, 3.05) is 17.6 Å². The summed E-state index contributed by atoms with van der Waals surface area (Å²) >= 11 is 5.56. The third-order valence-electron chi connectivity index (χ3n) is 1.31. The largest absolute Gasteiger partial charge is 0.382 e. The number of hydrogen-bond donors (Lipinski definition) is 2. The molecule has 1 aromatic rings. The van der Waals surface area contributed by atoms with Gasteiger partial charge in [-0.15, -0.1) is 0 Å². The molecule has 0 saturated carbocycles. The Balaban J connectivity index is 2.63. The number of pyridine rings is 1. The number of anilines is 2. The van der Waals surface area contributed by atoms with Gasteiger partial charge in [0.1, 0.15) is 5.82 Å². The fourth-order valence-electron chi connectivity index (χ4n) is 0.758. The van der Waals surface area contributed by atoms with Crippen LogP contribution in [0.2, 0.25) is 0 Å². The Bertz CT molecular complexity index is 285. The van der Waals surface area contributed by atoms with Gasteiger partial charge in [-0.05, 0) is 12.1 Å². The Morgan fingerprint density at radius 2 is 2.50 bits per heavy atom. The molecule has 1 heterocycles. The number of aromatic nitrogens is 1. The predicted octanol–water partition coefficient (Wildman–Crippen LogP) is 1.83. The summed E-state index contributed by atoms with van der Waals surface area (Å²) in [6, 6.07) is 3.64. The minimum atomic E-state index is 0.468. The lowest BCUT2D eigenvalue weighted by atomic mass is 10.4. The lowest BCUT2D eigenvalue weighted by Crippen LogP contribution is -2.04. The van der Waals surface area contributed by atoms with Gasteiger partial charge in [0.05, 0.1) is 12.2 Å². The molecule has 3 N–H and O–H groups in total. The molecule has 3 nitrogen and oxygen atoms in total. The van der Waals surface area contributed by atoms with Crippen molar-refractivity contribution in [2.24, 2.45) is 0 Å². The van der Waals surface area contributed by atoms with Crippen LogP contribution >= 0.6 is 11.6 Å². The number of nitrogens with zero attached hydrogens (tertiary/aromatic N) is 1. The van der Waals surface area contributed by atoms with Crippen LogP contribution in [0, 0.1) is 0 Å². The van der Waals surface area contributed by atoms with Crippen LogP contribution in [0.3, 0.4) is 0 Å². The second-order valence-electron chi connectivity index (χ2n) is 2.31. The molecular weight excluding hydrogens is 174 g/mol. The maximum absolute atomic E-state index is 5.56. The molecule has 0 bridgehead atoms. The summed E-state index contributed by atoms with van der Waals surface area (Å²) in [6.45, 7) is 4.04. The van der Waals surface area contributed by atoms with E-state index in [0.29, 0.717) is 17.4 Å². The molecule has 0 unspecified atom stereocenters. The quantitative estimate of drug-likeness (QED) is 0.752. The van der Waals surface area contributed by atoms with E-state index in [2.05, 4.69) is 16.9 Å². The Labute approximate surface area is 76.2 Å².